The van der Waals surface area contributed by atoms with Crippen molar-refractivity contribution in [2.45, 2.75) is 19.9 Å². The van der Waals surface area contributed by atoms with Gasteiger partial charge >= 0.3 is 5.97 Å². The third kappa shape index (κ3) is 2.71. The highest BCUT2D eigenvalue weighted by Crippen LogP contribution is 2.24. The van der Waals surface area contributed by atoms with Crippen LogP contribution in [0.4, 0.5) is 6.01 Å². The molecule has 6 nitrogen and oxygen atoms in total. The van der Waals surface area contributed by atoms with Crippen LogP contribution in [-0.2, 0) is 0 Å². The van der Waals surface area contributed by atoms with E-state index in [2.05, 4.69) is 28.6 Å². The molecule has 1 aliphatic rings. The molecule has 1 N–H and O–H groups in total. The van der Waals surface area contributed by atoms with E-state index < -0.39 is 5.97 Å². The SMILES string of the molecule is CC(C)N1CCN(c2nc3ccc(C(=O)O)cc3o2)CC1. The molecule has 112 valence electrons. The van der Waals surface area contributed by atoms with Gasteiger partial charge in [-0.05, 0) is 32.0 Å². The van der Waals surface area contributed by atoms with E-state index in [9.17, 15) is 4.79 Å². The normalized spacial score (nSPS) is 16.8. The van der Waals surface area contributed by atoms with Crippen molar-refractivity contribution in [2.24, 2.45) is 0 Å². The first-order chi connectivity index (χ1) is 10.0. The van der Waals surface area contributed by atoms with Crippen molar-refractivity contribution in [1.29, 1.82) is 0 Å². The maximum atomic E-state index is 11.0. The fourth-order valence-corrected chi connectivity index (χ4v) is 2.61. The van der Waals surface area contributed by atoms with Gasteiger partial charge in [-0.3, -0.25) is 4.90 Å². The topological polar surface area (TPSA) is 69.8 Å². The van der Waals surface area contributed by atoms with Crippen molar-refractivity contribution >= 4 is 23.1 Å². The van der Waals surface area contributed by atoms with Crippen LogP contribution in [0.5, 0.6) is 0 Å². The lowest BCUT2D eigenvalue weighted by molar-refractivity contribution is 0.0697. The summed E-state index contributed by atoms with van der Waals surface area (Å²) >= 11 is 0. The first-order valence-electron chi connectivity index (χ1n) is 7.17. The van der Waals surface area contributed by atoms with Crippen LogP contribution in [0.25, 0.3) is 11.1 Å². The molecule has 0 spiro atoms. The molecule has 1 aromatic heterocycles. The predicted molar refractivity (Wildman–Crippen MR) is 79.9 cm³/mol. The van der Waals surface area contributed by atoms with E-state index in [4.69, 9.17) is 9.52 Å². The number of hydrogen-bond acceptors (Lipinski definition) is 5. The summed E-state index contributed by atoms with van der Waals surface area (Å²) in [5.41, 5.74) is 1.44. The Hall–Kier alpha value is -2.08. The molecule has 1 aromatic carbocycles. The lowest BCUT2D eigenvalue weighted by Crippen LogP contribution is -2.49. The van der Waals surface area contributed by atoms with Crippen LogP contribution in [0.15, 0.2) is 22.6 Å². The van der Waals surface area contributed by atoms with Gasteiger partial charge in [-0.25, -0.2) is 4.79 Å². The molecule has 0 unspecified atom stereocenters. The molecule has 1 aliphatic heterocycles. The Morgan fingerprint density at radius 3 is 2.62 bits per heavy atom. The van der Waals surface area contributed by atoms with E-state index in [0.29, 0.717) is 23.2 Å². The highest BCUT2D eigenvalue weighted by molar-refractivity contribution is 5.92. The van der Waals surface area contributed by atoms with Crippen LogP contribution < -0.4 is 4.90 Å². The van der Waals surface area contributed by atoms with Crippen LogP contribution in [0, 0.1) is 0 Å². The highest BCUT2D eigenvalue weighted by atomic mass is 16.4. The largest absolute Gasteiger partial charge is 0.478 e. The average molecular weight is 289 g/mol. The predicted octanol–water partition coefficient (Wildman–Crippen LogP) is 2.06. The molecule has 0 saturated carbocycles. The smallest absolute Gasteiger partial charge is 0.335 e. The van der Waals surface area contributed by atoms with E-state index in [1.54, 1.807) is 12.1 Å². The van der Waals surface area contributed by atoms with Gasteiger partial charge in [0.25, 0.3) is 6.01 Å². The maximum Gasteiger partial charge on any atom is 0.335 e. The third-order valence-electron chi connectivity index (χ3n) is 3.94. The first kappa shape index (κ1) is 13.9. The standard InChI is InChI=1S/C15H19N3O3/c1-10(2)17-5-7-18(8-6-17)15-16-12-4-3-11(14(19)20)9-13(12)21-15/h3-4,9-10H,5-8H2,1-2H3,(H,19,20). The van der Waals surface area contributed by atoms with Crippen LogP contribution >= 0.6 is 0 Å². The maximum absolute atomic E-state index is 11.0. The van der Waals surface area contributed by atoms with E-state index in [-0.39, 0.29) is 5.56 Å². The molecule has 21 heavy (non-hydrogen) atoms. The fourth-order valence-electron chi connectivity index (χ4n) is 2.61. The molecule has 6 heteroatoms. The molecule has 0 bridgehead atoms. The second-order valence-electron chi connectivity index (χ2n) is 5.60. The molecular formula is C15H19N3O3. The summed E-state index contributed by atoms with van der Waals surface area (Å²) in [6, 6.07) is 5.90. The second-order valence-corrected chi connectivity index (χ2v) is 5.60. The Morgan fingerprint density at radius 1 is 1.29 bits per heavy atom. The van der Waals surface area contributed by atoms with Gasteiger partial charge in [0.05, 0.1) is 5.56 Å². The summed E-state index contributed by atoms with van der Waals surface area (Å²) in [7, 11) is 0. The number of piperazine rings is 1. The number of benzene rings is 1. The van der Waals surface area contributed by atoms with Crippen molar-refractivity contribution in [2.75, 3.05) is 31.1 Å². The van der Waals surface area contributed by atoms with E-state index in [1.807, 2.05) is 0 Å². The molecule has 2 aromatic rings. The van der Waals surface area contributed by atoms with Crippen molar-refractivity contribution in [1.82, 2.24) is 9.88 Å². The minimum atomic E-state index is -0.958. The number of aromatic nitrogens is 1. The van der Waals surface area contributed by atoms with Gasteiger partial charge < -0.3 is 14.4 Å². The van der Waals surface area contributed by atoms with Gasteiger partial charge in [-0.2, -0.15) is 4.98 Å². The summed E-state index contributed by atoms with van der Waals surface area (Å²) in [5, 5.41) is 9.00. The van der Waals surface area contributed by atoms with E-state index in [1.165, 1.54) is 6.07 Å². The van der Waals surface area contributed by atoms with Crippen molar-refractivity contribution < 1.29 is 14.3 Å². The summed E-state index contributed by atoms with van der Waals surface area (Å²) in [5.74, 6) is -0.958. The number of oxazole rings is 1. The Labute approximate surface area is 123 Å². The first-order valence-corrected chi connectivity index (χ1v) is 7.17. The minimum absolute atomic E-state index is 0.217. The number of aromatic carboxylic acids is 1. The van der Waals surface area contributed by atoms with Crippen LogP contribution in [-0.4, -0.2) is 53.2 Å². The molecule has 0 atom stereocenters. The number of carboxylic acid groups (broad SMARTS) is 1. The Bertz CT molecular complexity index is 657. The fraction of sp³-hybridized carbons (Fsp3) is 0.467. The van der Waals surface area contributed by atoms with Gasteiger partial charge in [0, 0.05) is 32.2 Å². The van der Waals surface area contributed by atoms with Gasteiger partial charge in [-0.1, -0.05) is 0 Å². The number of carbonyl (C=O) groups is 1. The summed E-state index contributed by atoms with van der Waals surface area (Å²) in [6.07, 6.45) is 0. The minimum Gasteiger partial charge on any atom is -0.478 e. The molecule has 0 radical (unpaired) electrons. The third-order valence-corrected chi connectivity index (χ3v) is 3.94. The number of rotatable bonds is 3. The lowest BCUT2D eigenvalue weighted by Gasteiger charge is -2.36. The Kier molecular flexibility index (Phi) is 3.55. The van der Waals surface area contributed by atoms with Crippen molar-refractivity contribution in [3.8, 4) is 0 Å². The van der Waals surface area contributed by atoms with Crippen LogP contribution in [0.3, 0.4) is 0 Å². The average Bonchev–Trinajstić information content (AvgIpc) is 2.90. The molecule has 0 amide bonds. The van der Waals surface area contributed by atoms with Gasteiger partial charge in [0.15, 0.2) is 5.58 Å². The van der Waals surface area contributed by atoms with Crippen molar-refractivity contribution in [3.63, 3.8) is 0 Å². The Morgan fingerprint density at radius 2 is 2.00 bits per heavy atom. The van der Waals surface area contributed by atoms with E-state index in [0.717, 1.165) is 26.2 Å². The number of hydrogen-bond donors (Lipinski definition) is 1. The molecule has 3 rings (SSSR count). The quantitative estimate of drug-likeness (QED) is 0.932. The monoisotopic (exact) mass is 289 g/mol. The molecule has 2 heterocycles. The number of anilines is 1. The van der Waals surface area contributed by atoms with Crippen molar-refractivity contribution in [3.05, 3.63) is 23.8 Å². The summed E-state index contributed by atoms with van der Waals surface area (Å²) in [4.78, 5) is 20.0. The van der Waals surface area contributed by atoms with Crippen LogP contribution in [0.1, 0.15) is 24.2 Å². The lowest BCUT2D eigenvalue weighted by atomic mass is 10.2. The molecule has 1 fully saturated rings. The Balaban J connectivity index is 1.80. The molecule has 1 saturated heterocycles. The highest BCUT2D eigenvalue weighted by Gasteiger charge is 2.22. The zero-order chi connectivity index (χ0) is 15.0. The molecular weight excluding hydrogens is 270 g/mol. The van der Waals surface area contributed by atoms with Gasteiger partial charge in [0.2, 0.25) is 0 Å². The zero-order valence-electron chi connectivity index (χ0n) is 12.2. The second kappa shape index (κ2) is 5.37. The zero-order valence-corrected chi connectivity index (χ0v) is 12.2. The van der Waals surface area contributed by atoms with Gasteiger partial charge in [-0.15, -0.1) is 0 Å². The molecule has 0 aliphatic carbocycles. The number of fused-ring (bicyclic) bond motifs is 1. The van der Waals surface area contributed by atoms with E-state index >= 15 is 0 Å². The van der Waals surface area contributed by atoms with Crippen LogP contribution in [0.2, 0.25) is 0 Å². The summed E-state index contributed by atoms with van der Waals surface area (Å²) < 4.78 is 5.73. The summed E-state index contributed by atoms with van der Waals surface area (Å²) in [6.45, 7) is 8.10. The van der Waals surface area contributed by atoms with Gasteiger partial charge in [0.1, 0.15) is 5.52 Å². The number of carboxylic acids is 1. The number of nitrogens with zero attached hydrogens (tertiary/aromatic N) is 3.